The maximum absolute atomic E-state index is 3.35. The lowest BCUT2D eigenvalue weighted by atomic mass is 10.0. The zero-order valence-electron chi connectivity index (χ0n) is 11.6. The number of benzene rings is 1. The molecule has 100 valence electrons. The molecule has 1 aromatic rings. The smallest absolute Gasteiger partial charge is 0.0476 e. The van der Waals surface area contributed by atoms with Crippen LogP contribution in [-0.4, -0.2) is 42.1 Å². The van der Waals surface area contributed by atoms with Crippen molar-refractivity contribution >= 4 is 11.8 Å². The Hall–Kier alpha value is -0.510. The van der Waals surface area contributed by atoms with Gasteiger partial charge in [-0.15, -0.1) is 0 Å². The Morgan fingerprint density at radius 3 is 2.72 bits per heavy atom. The van der Waals surface area contributed by atoms with Gasteiger partial charge in [0.1, 0.15) is 0 Å². The fraction of sp³-hybridized carbons (Fsp3) is 0.600. The Labute approximate surface area is 115 Å². The lowest BCUT2D eigenvalue weighted by Crippen LogP contribution is -2.48. The third kappa shape index (κ3) is 3.08. The van der Waals surface area contributed by atoms with Crippen molar-refractivity contribution in [1.82, 2.24) is 10.2 Å². The molecular formula is C15H24N2S. The first kappa shape index (κ1) is 13.9. The lowest BCUT2D eigenvalue weighted by molar-refractivity contribution is 0.145. The summed E-state index contributed by atoms with van der Waals surface area (Å²) in [5, 5.41) is 4.07. The number of rotatable bonds is 4. The Morgan fingerprint density at radius 1 is 1.33 bits per heavy atom. The second kappa shape index (κ2) is 6.60. The largest absolute Gasteiger partial charge is 0.318 e. The van der Waals surface area contributed by atoms with Gasteiger partial charge >= 0.3 is 0 Å². The maximum atomic E-state index is 3.35. The van der Waals surface area contributed by atoms with Crippen LogP contribution in [0.25, 0.3) is 0 Å². The highest BCUT2D eigenvalue weighted by molar-refractivity contribution is 8.00. The zero-order valence-corrected chi connectivity index (χ0v) is 12.4. The molecule has 1 aliphatic heterocycles. The van der Waals surface area contributed by atoms with E-state index in [9.17, 15) is 0 Å². The number of nitrogens with zero attached hydrogens (tertiary/aromatic N) is 1. The quantitative estimate of drug-likeness (QED) is 0.900. The molecular weight excluding hydrogens is 240 g/mol. The van der Waals surface area contributed by atoms with Gasteiger partial charge in [-0.2, -0.15) is 11.8 Å². The van der Waals surface area contributed by atoms with E-state index in [0.29, 0.717) is 12.1 Å². The Morgan fingerprint density at radius 2 is 2.06 bits per heavy atom. The van der Waals surface area contributed by atoms with Gasteiger partial charge < -0.3 is 5.32 Å². The highest BCUT2D eigenvalue weighted by Gasteiger charge is 2.30. The van der Waals surface area contributed by atoms with E-state index >= 15 is 0 Å². The fourth-order valence-electron chi connectivity index (χ4n) is 2.69. The molecule has 0 radical (unpaired) electrons. The molecule has 1 saturated heterocycles. The van der Waals surface area contributed by atoms with Crippen molar-refractivity contribution in [1.29, 1.82) is 0 Å². The molecule has 0 spiro atoms. The minimum Gasteiger partial charge on any atom is -0.318 e. The molecule has 2 nitrogen and oxygen atoms in total. The molecule has 18 heavy (non-hydrogen) atoms. The first-order valence-corrected chi connectivity index (χ1v) is 7.85. The van der Waals surface area contributed by atoms with Crippen LogP contribution in [-0.2, 0) is 0 Å². The van der Waals surface area contributed by atoms with Gasteiger partial charge in [0, 0.05) is 36.2 Å². The first-order chi connectivity index (χ1) is 8.74. The van der Waals surface area contributed by atoms with Crippen LogP contribution in [0, 0.1) is 0 Å². The Bertz CT molecular complexity index is 355. The van der Waals surface area contributed by atoms with Crippen LogP contribution in [0.4, 0.5) is 0 Å². The molecule has 3 heteroatoms. The number of likely N-dealkylation sites (N-methyl/N-ethyl adjacent to an activating group) is 1. The van der Waals surface area contributed by atoms with Crippen molar-refractivity contribution in [2.45, 2.75) is 31.2 Å². The standard InChI is InChI=1S/C15H24N2S/c1-12-13(2)18-10-9-17(12)15(11-16-3)14-7-5-4-6-8-14/h4-8,12-13,15-16H,9-11H2,1-3H3. The van der Waals surface area contributed by atoms with E-state index in [0.717, 1.165) is 11.8 Å². The molecule has 1 aliphatic rings. The monoisotopic (exact) mass is 264 g/mol. The van der Waals surface area contributed by atoms with Crippen molar-refractivity contribution in [2.24, 2.45) is 0 Å². The average molecular weight is 264 g/mol. The van der Waals surface area contributed by atoms with Gasteiger partial charge in [0.15, 0.2) is 0 Å². The lowest BCUT2D eigenvalue weighted by Gasteiger charge is -2.42. The van der Waals surface area contributed by atoms with Crippen molar-refractivity contribution < 1.29 is 0 Å². The summed E-state index contributed by atoms with van der Waals surface area (Å²) in [5.74, 6) is 1.25. The summed E-state index contributed by atoms with van der Waals surface area (Å²) in [4.78, 5) is 2.66. The molecule has 0 saturated carbocycles. The minimum absolute atomic E-state index is 0.495. The summed E-state index contributed by atoms with van der Waals surface area (Å²) in [5.41, 5.74) is 1.43. The van der Waals surface area contributed by atoms with E-state index in [2.05, 4.69) is 66.2 Å². The Kier molecular flexibility index (Phi) is 5.10. The molecule has 3 atom stereocenters. The van der Waals surface area contributed by atoms with E-state index in [4.69, 9.17) is 0 Å². The summed E-state index contributed by atoms with van der Waals surface area (Å²) in [6.45, 7) is 6.93. The summed E-state index contributed by atoms with van der Waals surface area (Å²) < 4.78 is 0. The molecule has 3 unspecified atom stereocenters. The van der Waals surface area contributed by atoms with Crippen LogP contribution < -0.4 is 5.32 Å². The van der Waals surface area contributed by atoms with Crippen LogP contribution in [0.15, 0.2) is 30.3 Å². The topological polar surface area (TPSA) is 15.3 Å². The van der Waals surface area contributed by atoms with Crippen molar-refractivity contribution in [3.05, 3.63) is 35.9 Å². The van der Waals surface area contributed by atoms with Crippen LogP contribution in [0.1, 0.15) is 25.5 Å². The zero-order chi connectivity index (χ0) is 13.0. The van der Waals surface area contributed by atoms with Gasteiger partial charge in [0.05, 0.1) is 0 Å². The first-order valence-electron chi connectivity index (χ1n) is 6.81. The number of hydrogen-bond donors (Lipinski definition) is 1. The molecule has 1 heterocycles. The second-order valence-corrected chi connectivity index (χ2v) is 6.52. The van der Waals surface area contributed by atoms with Crippen LogP contribution in [0.2, 0.25) is 0 Å². The fourth-order valence-corrected chi connectivity index (χ4v) is 3.81. The number of nitrogens with one attached hydrogen (secondary N) is 1. The van der Waals surface area contributed by atoms with Crippen LogP contribution in [0.5, 0.6) is 0 Å². The highest BCUT2D eigenvalue weighted by Crippen LogP contribution is 2.31. The van der Waals surface area contributed by atoms with Crippen LogP contribution in [0.3, 0.4) is 0 Å². The van der Waals surface area contributed by atoms with Crippen molar-refractivity contribution in [2.75, 3.05) is 25.9 Å². The molecule has 1 fully saturated rings. The third-order valence-corrected chi connectivity index (χ3v) is 5.25. The van der Waals surface area contributed by atoms with Gasteiger partial charge in [-0.1, -0.05) is 37.3 Å². The van der Waals surface area contributed by atoms with Gasteiger partial charge in [-0.25, -0.2) is 0 Å². The van der Waals surface area contributed by atoms with E-state index in [1.807, 2.05) is 7.05 Å². The summed E-state index contributed by atoms with van der Waals surface area (Å²) >= 11 is 2.10. The normalized spacial score (nSPS) is 27.1. The highest BCUT2D eigenvalue weighted by atomic mass is 32.2. The van der Waals surface area contributed by atoms with Gasteiger partial charge in [0.2, 0.25) is 0 Å². The molecule has 2 rings (SSSR count). The van der Waals surface area contributed by atoms with Gasteiger partial charge in [0.25, 0.3) is 0 Å². The number of hydrogen-bond acceptors (Lipinski definition) is 3. The molecule has 0 aliphatic carbocycles. The summed E-state index contributed by atoms with van der Waals surface area (Å²) in [7, 11) is 2.04. The third-order valence-electron chi connectivity index (χ3n) is 3.91. The molecule has 1 N–H and O–H groups in total. The van der Waals surface area contributed by atoms with Crippen molar-refractivity contribution in [3.63, 3.8) is 0 Å². The molecule has 0 bridgehead atoms. The van der Waals surface area contributed by atoms with Gasteiger partial charge in [-0.3, -0.25) is 4.90 Å². The van der Waals surface area contributed by atoms with E-state index in [-0.39, 0.29) is 0 Å². The van der Waals surface area contributed by atoms with E-state index < -0.39 is 0 Å². The minimum atomic E-state index is 0.495. The predicted molar refractivity (Wildman–Crippen MR) is 81.2 cm³/mol. The summed E-state index contributed by atoms with van der Waals surface area (Å²) in [6, 6.07) is 12.0. The number of thioether (sulfide) groups is 1. The molecule has 0 aromatic heterocycles. The van der Waals surface area contributed by atoms with Crippen molar-refractivity contribution in [3.8, 4) is 0 Å². The predicted octanol–water partition coefficient (Wildman–Crippen LogP) is 2.77. The second-order valence-electron chi connectivity index (χ2n) is 5.04. The van der Waals surface area contributed by atoms with Crippen LogP contribution >= 0.6 is 11.8 Å². The maximum Gasteiger partial charge on any atom is 0.0476 e. The van der Waals surface area contributed by atoms with E-state index in [1.54, 1.807) is 0 Å². The van der Waals surface area contributed by atoms with Gasteiger partial charge in [-0.05, 0) is 19.5 Å². The van der Waals surface area contributed by atoms with E-state index in [1.165, 1.54) is 17.9 Å². The summed E-state index contributed by atoms with van der Waals surface area (Å²) in [6.07, 6.45) is 0. The molecule has 0 amide bonds. The molecule has 1 aromatic carbocycles. The SMILES string of the molecule is CNCC(c1ccccc1)N1CCSC(C)C1C. The Balaban J connectivity index is 2.19. The average Bonchev–Trinajstić information content (AvgIpc) is 2.41.